The first kappa shape index (κ1) is 15.4. The molecule has 0 aliphatic carbocycles. The maximum atomic E-state index is 12.3. The van der Waals surface area contributed by atoms with Gasteiger partial charge in [0.2, 0.25) is 0 Å². The molecule has 0 atom stereocenters. The fourth-order valence-corrected chi connectivity index (χ4v) is 3.08. The lowest BCUT2D eigenvalue weighted by Gasteiger charge is -2.00. The van der Waals surface area contributed by atoms with Crippen LogP contribution in [-0.2, 0) is 6.54 Å². The smallest absolute Gasteiger partial charge is 0.287 e. The van der Waals surface area contributed by atoms with E-state index in [1.165, 1.54) is 0 Å². The summed E-state index contributed by atoms with van der Waals surface area (Å²) in [5.41, 5.74) is 2.16. The van der Waals surface area contributed by atoms with Crippen LogP contribution >= 0.6 is 11.3 Å². The van der Waals surface area contributed by atoms with E-state index in [0.717, 1.165) is 11.1 Å². The first-order chi connectivity index (χ1) is 12.2. The third-order valence-electron chi connectivity index (χ3n) is 3.69. The molecule has 3 heterocycles. The van der Waals surface area contributed by atoms with Gasteiger partial charge in [0.15, 0.2) is 17.1 Å². The summed E-state index contributed by atoms with van der Waals surface area (Å²) in [6.45, 7) is 0.261. The predicted octanol–water partition coefficient (Wildman–Crippen LogP) is 3.01. The Morgan fingerprint density at radius 1 is 1.40 bits per heavy atom. The van der Waals surface area contributed by atoms with E-state index in [9.17, 15) is 4.79 Å². The molecular formula is C17H14N4O3S. The molecule has 0 radical (unpaired) electrons. The molecule has 0 spiro atoms. The van der Waals surface area contributed by atoms with E-state index in [4.69, 9.17) is 9.15 Å². The summed E-state index contributed by atoms with van der Waals surface area (Å²) in [6.07, 6.45) is 1.78. The van der Waals surface area contributed by atoms with Crippen molar-refractivity contribution in [3.05, 3.63) is 58.7 Å². The summed E-state index contributed by atoms with van der Waals surface area (Å²) in [4.78, 5) is 12.3. The molecule has 1 amide bonds. The van der Waals surface area contributed by atoms with Gasteiger partial charge in [-0.05, 0) is 23.6 Å². The molecule has 126 valence electrons. The molecule has 8 heteroatoms. The molecule has 0 aliphatic rings. The van der Waals surface area contributed by atoms with E-state index >= 15 is 0 Å². The van der Waals surface area contributed by atoms with Gasteiger partial charge < -0.3 is 14.5 Å². The number of benzene rings is 1. The Bertz CT molecular complexity index is 1020. The number of hydrogen-bond donors (Lipinski definition) is 1. The third-order valence-corrected chi connectivity index (χ3v) is 4.36. The van der Waals surface area contributed by atoms with Crippen LogP contribution in [0.15, 0.2) is 51.7 Å². The van der Waals surface area contributed by atoms with Crippen LogP contribution in [0.4, 0.5) is 0 Å². The zero-order valence-electron chi connectivity index (χ0n) is 13.3. The van der Waals surface area contributed by atoms with Crippen molar-refractivity contribution in [3.8, 4) is 11.4 Å². The highest BCUT2D eigenvalue weighted by Crippen LogP contribution is 2.28. The Hall–Kier alpha value is -3.13. The molecule has 0 bridgehead atoms. The molecule has 0 saturated carbocycles. The van der Waals surface area contributed by atoms with Gasteiger partial charge in [0.25, 0.3) is 5.91 Å². The number of aromatic nitrogens is 3. The quantitative estimate of drug-likeness (QED) is 0.596. The molecule has 3 aromatic heterocycles. The Labute approximate surface area is 146 Å². The molecule has 1 N–H and O–H groups in total. The topological polar surface area (TPSA) is 82.2 Å². The number of para-hydroxylation sites is 1. The van der Waals surface area contributed by atoms with Gasteiger partial charge in [-0.25, -0.2) is 4.68 Å². The standard InChI is InChI=1S/C17H14N4O3S/c1-23-14-4-2-3-11-7-15(24-16(11)14)17(22)18-8-12-9-21(20-19-12)13-5-6-25-10-13/h2-7,9-10H,8H2,1H3,(H,18,22). The number of carbonyl (C=O) groups is 1. The van der Waals surface area contributed by atoms with Gasteiger partial charge in [0.1, 0.15) is 5.69 Å². The predicted molar refractivity (Wildman–Crippen MR) is 93.2 cm³/mol. The van der Waals surface area contributed by atoms with Crippen molar-refractivity contribution in [2.45, 2.75) is 6.54 Å². The second-order valence-corrected chi connectivity index (χ2v) is 6.09. The first-order valence-electron chi connectivity index (χ1n) is 7.53. The van der Waals surface area contributed by atoms with Crippen LogP contribution in [0.5, 0.6) is 5.75 Å². The third kappa shape index (κ3) is 2.99. The normalized spacial score (nSPS) is 10.9. The number of methoxy groups -OCH3 is 1. The maximum absolute atomic E-state index is 12.3. The minimum atomic E-state index is -0.316. The number of nitrogens with one attached hydrogen (secondary N) is 1. The van der Waals surface area contributed by atoms with E-state index in [-0.39, 0.29) is 18.2 Å². The molecule has 0 fully saturated rings. The number of amides is 1. The Morgan fingerprint density at radius 3 is 3.12 bits per heavy atom. The number of thiophene rings is 1. The van der Waals surface area contributed by atoms with Crippen LogP contribution in [0.3, 0.4) is 0 Å². The van der Waals surface area contributed by atoms with Crippen molar-refractivity contribution in [2.75, 3.05) is 7.11 Å². The van der Waals surface area contributed by atoms with Gasteiger partial charge in [-0.15, -0.1) is 5.10 Å². The van der Waals surface area contributed by atoms with Crippen molar-refractivity contribution in [1.82, 2.24) is 20.3 Å². The van der Waals surface area contributed by atoms with Crippen molar-refractivity contribution in [3.63, 3.8) is 0 Å². The van der Waals surface area contributed by atoms with Crippen molar-refractivity contribution >= 4 is 28.2 Å². The molecule has 0 saturated heterocycles. The Morgan fingerprint density at radius 2 is 2.32 bits per heavy atom. The van der Waals surface area contributed by atoms with Crippen molar-refractivity contribution < 1.29 is 13.9 Å². The van der Waals surface area contributed by atoms with Gasteiger partial charge in [-0.1, -0.05) is 17.3 Å². The summed E-state index contributed by atoms with van der Waals surface area (Å²) in [5, 5.41) is 15.6. The van der Waals surface area contributed by atoms with Crippen LogP contribution in [-0.4, -0.2) is 28.0 Å². The Kier molecular flexibility index (Phi) is 3.95. The average molecular weight is 354 g/mol. The average Bonchev–Trinajstić information content (AvgIpc) is 3.38. The Balaban J connectivity index is 1.47. The first-order valence-corrected chi connectivity index (χ1v) is 8.47. The highest BCUT2D eigenvalue weighted by Gasteiger charge is 2.15. The molecule has 25 heavy (non-hydrogen) atoms. The van der Waals surface area contributed by atoms with Crippen molar-refractivity contribution in [2.24, 2.45) is 0 Å². The number of furan rings is 1. The second-order valence-electron chi connectivity index (χ2n) is 5.31. The zero-order valence-corrected chi connectivity index (χ0v) is 14.1. The largest absolute Gasteiger partial charge is 0.493 e. The van der Waals surface area contributed by atoms with Crippen LogP contribution in [0.1, 0.15) is 16.2 Å². The SMILES string of the molecule is COc1cccc2cc(C(=O)NCc3cn(-c4ccsc4)nn3)oc12. The minimum Gasteiger partial charge on any atom is -0.493 e. The molecule has 4 rings (SSSR count). The molecule has 0 aliphatic heterocycles. The lowest BCUT2D eigenvalue weighted by molar-refractivity contribution is 0.0924. The van der Waals surface area contributed by atoms with E-state index in [2.05, 4.69) is 15.6 Å². The molecule has 4 aromatic rings. The van der Waals surface area contributed by atoms with E-state index in [1.807, 2.05) is 29.0 Å². The van der Waals surface area contributed by atoms with E-state index in [0.29, 0.717) is 17.0 Å². The van der Waals surface area contributed by atoms with Crippen LogP contribution in [0.25, 0.3) is 16.7 Å². The van der Waals surface area contributed by atoms with Gasteiger partial charge >= 0.3 is 0 Å². The monoisotopic (exact) mass is 354 g/mol. The maximum Gasteiger partial charge on any atom is 0.287 e. The van der Waals surface area contributed by atoms with Crippen LogP contribution < -0.4 is 10.1 Å². The van der Waals surface area contributed by atoms with Gasteiger partial charge in [-0.3, -0.25) is 4.79 Å². The highest BCUT2D eigenvalue weighted by molar-refractivity contribution is 7.08. The summed E-state index contributed by atoms with van der Waals surface area (Å²) < 4.78 is 12.5. The van der Waals surface area contributed by atoms with E-state index < -0.39 is 0 Å². The number of nitrogens with zero attached hydrogens (tertiary/aromatic N) is 3. The lowest BCUT2D eigenvalue weighted by atomic mass is 10.2. The number of hydrogen-bond acceptors (Lipinski definition) is 6. The molecule has 0 unspecified atom stereocenters. The molecule has 7 nitrogen and oxygen atoms in total. The summed E-state index contributed by atoms with van der Waals surface area (Å²) >= 11 is 1.58. The van der Waals surface area contributed by atoms with Crippen LogP contribution in [0, 0.1) is 0 Å². The fraction of sp³-hybridized carbons (Fsp3) is 0.118. The highest BCUT2D eigenvalue weighted by atomic mass is 32.1. The van der Waals surface area contributed by atoms with E-state index in [1.54, 1.807) is 41.5 Å². The van der Waals surface area contributed by atoms with Crippen LogP contribution in [0.2, 0.25) is 0 Å². The lowest BCUT2D eigenvalue weighted by Crippen LogP contribution is -2.22. The number of carbonyl (C=O) groups excluding carboxylic acids is 1. The number of ether oxygens (including phenoxy) is 1. The van der Waals surface area contributed by atoms with Gasteiger partial charge in [0.05, 0.1) is 25.5 Å². The minimum absolute atomic E-state index is 0.227. The summed E-state index contributed by atoms with van der Waals surface area (Å²) in [7, 11) is 1.56. The second kappa shape index (κ2) is 6.40. The summed E-state index contributed by atoms with van der Waals surface area (Å²) in [5.74, 6) is 0.503. The van der Waals surface area contributed by atoms with Gasteiger partial charge in [0, 0.05) is 10.8 Å². The molecule has 1 aromatic carbocycles. The fourth-order valence-electron chi connectivity index (χ4n) is 2.46. The number of rotatable bonds is 5. The van der Waals surface area contributed by atoms with Crippen molar-refractivity contribution in [1.29, 1.82) is 0 Å². The number of fused-ring (bicyclic) bond motifs is 1. The summed E-state index contributed by atoms with van der Waals surface area (Å²) in [6, 6.07) is 9.14. The zero-order chi connectivity index (χ0) is 17.2. The van der Waals surface area contributed by atoms with Gasteiger partial charge in [-0.2, -0.15) is 11.3 Å². The molecular weight excluding hydrogens is 340 g/mol.